The molecule has 0 bridgehead atoms. The van der Waals surface area contributed by atoms with Crippen molar-refractivity contribution in [1.82, 2.24) is 0 Å². The average molecular weight is 396 g/mol. The number of hydrogen-bond donors (Lipinski definition) is 1. The predicted octanol–water partition coefficient (Wildman–Crippen LogP) is 4.41. The average Bonchev–Trinajstić information content (AvgIpc) is 3.06. The van der Waals surface area contributed by atoms with E-state index in [1.54, 1.807) is 11.8 Å². The summed E-state index contributed by atoms with van der Waals surface area (Å²) < 4.78 is 0. The van der Waals surface area contributed by atoms with Crippen molar-refractivity contribution in [2.24, 2.45) is 0 Å². The second-order valence-corrected chi connectivity index (χ2v) is 8.24. The van der Waals surface area contributed by atoms with Crippen molar-refractivity contribution in [2.45, 2.75) is 16.8 Å². The molecule has 0 radical (unpaired) electrons. The molecule has 1 fully saturated rings. The second-order valence-electron chi connectivity index (χ2n) is 6.48. The molecule has 136 valence electrons. The number of quaternary nitrogens is 1. The first-order chi connectivity index (χ1) is 13.1. The molecule has 1 unspecified atom stereocenters. The summed E-state index contributed by atoms with van der Waals surface area (Å²) >= 11 is 7.71. The van der Waals surface area contributed by atoms with E-state index >= 15 is 0 Å². The van der Waals surface area contributed by atoms with Gasteiger partial charge < -0.3 is 10.6 Å². The lowest BCUT2D eigenvalue weighted by molar-refractivity contribution is -0.384. The number of para-hydroxylation sites is 1. The van der Waals surface area contributed by atoms with E-state index in [4.69, 9.17) is 11.6 Å². The van der Waals surface area contributed by atoms with Crippen LogP contribution in [-0.2, 0) is 0 Å². The van der Waals surface area contributed by atoms with Gasteiger partial charge in [0.25, 0.3) is 0 Å². The number of nitrogens with zero attached hydrogens (tertiary/aromatic N) is 1. The van der Waals surface area contributed by atoms with Crippen LogP contribution in [0.2, 0.25) is 5.02 Å². The largest absolute Gasteiger partial charge is 0.329 e. The highest BCUT2D eigenvalue weighted by Gasteiger charge is 2.47. The van der Waals surface area contributed by atoms with Crippen LogP contribution in [0.4, 0.5) is 5.69 Å². The van der Waals surface area contributed by atoms with Gasteiger partial charge in [-0.15, -0.1) is 0 Å². The molecule has 5 heteroatoms. The van der Waals surface area contributed by atoms with Crippen molar-refractivity contribution >= 4 is 34.8 Å². The van der Waals surface area contributed by atoms with Crippen LogP contribution in [0.25, 0.3) is 0 Å². The Kier molecular flexibility index (Phi) is 5.21. The van der Waals surface area contributed by atoms with Crippen molar-refractivity contribution in [1.29, 1.82) is 0 Å². The van der Waals surface area contributed by atoms with E-state index in [-0.39, 0.29) is 22.6 Å². The molecule has 1 saturated heterocycles. The smallest absolute Gasteiger partial charge is 0.210 e. The molecule has 3 nitrogen and oxygen atoms in total. The van der Waals surface area contributed by atoms with Crippen molar-refractivity contribution in [3.63, 3.8) is 0 Å². The Labute approximate surface area is 168 Å². The number of Topliss-reactive ketones (excluding diaryl/α,β-unsaturated/α-hetero) is 1. The van der Waals surface area contributed by atoms with Crippen LogP contribution in [0.1, 0.15) is 22.0 Å². The lowest BCUT2D eigenvalue weighted by Crippen LogP contribution is -2.65. The van der Waals surface area contributed by atoms with Crippen molar-refractivity contribution in [2.75, 3.05) is 4.90 Å². The van der Waals surface area contributed by atoms with Gasteiger partial charge in [0.15, 0.2) is 5.78 Å². The van der Waals surface area contributed by atoms with E-state index in [1.807, 2.05) is 72.8 Å². The Morgan fingerprint density at radius 2 is 1.48 bits per heavy atom. The van der Waals surface area contributed by atoms with Crippen molar-refractivity contribution in [3.8, 4) is 0 Å². The summed E-state index contributed by atoms with van der Waals surface area (Å²) in [7, 11) is 0. The first kappa shape index (κ1) is 18.1. The third-order valence-electron chi connectivity index (χ3n) is 4.78. The van der Waals surface area contributed by atoms with Gasteiger partial charge in [0.2, 0.25) is 5.50 Å². The molecule has 1 heterocycles. The predicted molar refractivity (Wildman–Crippen MR) is 112 cm³/mol. The molecule has 1 aliphatic heterocycles. The number of thioether (sulfide) groups is 1. The molecule has 0 spiro atoms. The Balaban J connectivity index is 1.78. The zero-order valence-corrected chi connectivity index (χ0v) is 16.2. The molecule has 0 aromatic heterocycles. The molecule has 0 saturated carbocycles. The molecule has 3 aromatic carbocycles. The first-order valence-corrected chi connectivity index (χ1v) is 10.1. The van der Waals surface area contributed by atoms with Gasteiger partial charge in [-0.05, 0) is 29.8 Å². The summed E-state index contributed by atoms with van der Waals surface area (Å²) in [5, 5.41) is 0.448. The third-order valence-corrected chi connectivity index (χ3v) is 6.34. The first-order valence-electron chi connectivity index (χ1n) is 8.82. The van der Waals surface area contributed by atoms with Gasteiger partial charge in [0.1, 0.15) is 5.25 Å². The number of hydrogen-bond acceptors (Lipinski definition) is 3. The molecule has 27 heavy (non-hydrogen) atoms. The number of anilines is 1. The highest BCUT2D eigenvalue weighted by molar-refractivity contribution is 8.01. The Morgan fingerprint density at radius 3 is 2.11 bits per heavy atom. The fourth-order valence-electron chi connectivity index (χ4n) is 3.53. The molecule has 3 atom stereocenters. The molecular weight excluding hydrogens is 376 g/mol. The van der Waals surface area contributed by atoms with E-state index < -0.39 is 0 Å². The summed E-state index contributed by atoms with van der Waals surface area (Å²) in [5.41, 5.74) is 7.12. The Bertz CT molecular complexity index is 918. The third kappa shape index (κ3) is 3.61. The van der Waals surface area contributed by atoms with Gasteiger partial charge in [-0.1, -0.05) is 84.0 Å². The van der Waals surface area contributed by atoms with E-state index in [1.165, 1.54) is 0 Å². The minimum Gasteiger partial charge on any atom is -0.329 e. The summed E-state index contributed by atoms with van der Waals surface area (Å²) in [6.45, 7) is 0. The number of carbonyl (C=O) groups is 1. The molecule has 0 amide bonds. The standard InChI is InChI=1S/C22H19ClN2OS/c23-17-13-11-15(12-14-17)19-21(20(26)16-7-3-1-4-8-16)27-22(24)25(19)18-9-5-2-6-10-18/h1-14,19,21-22H,24H2/p+1/t19-,21+,22?/m0/s1. The van der Waals surface area contributed by atoms with Crippen molar-refractivity contribution in [3.05, 3.63) is 101 Å². The second kappa shape index (κ2) is 7.77. The van der Waals surface area contributed by atoms with E-state index in [9.17, 15) is 4.79 Å². The van der Waals surface area contributed by atoms with Gasteiger partial charge in [0.05, 0.1) is 6.04 Å². The van der Waals surface area contributed by atoms with Gasteiger partial charge in [-0.2, -0.15) is 0 Å². The van der Waals surface area contributed by atoms with Crippen LogP contribution < -0.4 is 10.6 Å². The van der Waals surface area contributed by atoms with Crippen LogP contribution in [0, 0.1) is 0 Å². The number of benzene rings is 3. The zero-order valence-electron chi connectivity index (χ0n) is 14.7. The zero-order chi connectivity index (χ0) is 18.8. The fourth-order valence-corrected chi connectivity index (χ4v) is 5.07. The topological polar surface area (TPSA) is 48.0 Å². The van der Waals surface area contributed by atoms with E-state index in [0.717, 1.165) is 16.8 Å². The van der Waals surface area contributed by atoms with Crippen LogP contribution in [-0.4, -0.2) is 16.5 Å². The monoisotopic (exact) mass is 395 g/mol. The Morgan fingerprint density at radius 1 is 0.889 bits per heavy atom. The molecule has 4 rings (SSSR count). The Hall–Kier alpha value is -2.27. The molecule has 3 N–H and O–H groups in total. The van der Waals surface area contributed by atoms with Gasteiger partial charge >= 0.3 is 0 Å². The number of carbonyl (C=O) groups excluding carboxylic acids is 1. The minimum atomic E-state index is -0.240. The summed E-state index contributed by atoms with van der Waals surface area (Å²) in [4.78, 5) is 15.6. The highest BCUT2D eigenvalue weighted by Crippen LogP contribution is 2.46. The van der Waals surface area contributed by atoms with E-state index in [0.29, 0.717) is 5.02 Å². The fraction of sp³-hybridized carbons (Fsp3) is 0.136. The number of ketones is 1. The molecule has 1 aliphatic rings. The van der Waals surface area contributed by atoms with Gasteiger partial charge in [-0.3, -0.25) is 4.79 Å². The minimum absolute atomic E-state index is 0.0641. The highest BCUT2D eigenvalue weighted by atomic mass is 35.5. The molecule has 0 aliphatic carbocycles. The molecular formula is C22H20ClN2OS+. The maximum atomic E-state index is 13.3. The maximum absolute atomic E-state index is 13.3. The normalized spacial score (nSPS) is 22.0. The summed E-state index contributed by atoms with van der Waals surface area (Å²) in [6, 6.07) is 27.3. The van der Waals surface area contributed by atoms with E-state index in [2.05, 4.69) is 22.8 Å². The SMILES string of the molecule is [NH3+]C1S[C@@H](C(=O)c2ccccc2)[C@H](c2ccc(Cl)cc2)N1c1ccccc1. The number of rotatable bonds is 4. The van der Waals surface area contributed by atoms with Crippen molar-refractivity contribution < 1.29 is 10.5 Å². The molecule has 3 aromatic rings. The quantitative estimate of drug-likeness (QED) is 0.665. The summed E-state index contributed by atoms with van der Waals surface area (Å²) in [6.07, 6.45) is 0. The van der Waals surface area contributed by atoms with Crippen LogP contribution >= 0.6 is 23.4 Å². The van der Waals surface area contributed by atoms with Crippen LogP contribution in [0.5, 0.6) is 0 Å². The van der Waals surface area contributed by atoms with Crippen LogP contribution in [0.15, 0.2) is 84.9 Å². The summed E-state index contributed by atoms with van der Waals surface area (Å²) in [5.74, 6) is 0.132. The number of halogens is 1. The van der Waals surface area contributed by atoms with Gasteiger partial charge in [0, 0.05) is 16.3 Å². The van der Waals surface area contributed by atoms with Gasteiger partial charge in [-0.25, -0.2) is 0 Å². The van der Waals surface area contributed by atoms with Crippen LogP contribution in [0.3, 0.4) is 0 Å². The lowest BCUT2D eigenvalue weighted by atomic mass is 9.95. The maximum Gasteiger partial charge on any atom is 0.210 e. The lowest BCUT2D eigenvalue weighted by Gasteiger charge is -2.29.